The lowest BCUT2D eigenvalue weighted by Crippen LogP contribution is -2.62. The van der Waals surface area contributed by atoms with E-state index in [1.165, 1.54) is 0 Å². The van der Waals surface area contributed by atoms with E-state index in [-0.39, 0.29) is 36.4 Å². The summed E-state index contributed by atoms with van der Waals surface area (Å²) in [5, 5.41) is 2.81. The summed E-state index contributed by atoms with van der Waals surface area (Å²) in [5.41, 5.74) is 0. The van der Waals surface area contributed by atoms with Crippen molar-refractivity contribution in [3.8, 4) is 0 Å². The van der Waals surface area contributed by atoms with Gasteiger partial charge in [-0.2, -0.15) is 0 Å². The monoisotopic (exact) mass is 284 g/mol. The Morgan fingerprint density at radius 3 is 2.45 bits per heavy atom. The average molecular weight is 284 g/mol. The Kier molecular flexibility index (Phi) is 6.46. The first-order valence-electron chi connectivity index (χ1n) is 7.54. The third kappa shape index (κ3) is 4.47. The van der Waals surface area contributed by atoms with Crippen molar-refractivity contribution >= 4 is 11.8 Å². The van der Waals surface area contributed by atoms with Crippen LogP contribution in [0.3, 0.4) is 0 Å². The largest absolute Gasteiger partial charge is 0.380 e. The fourth-order valence-corrected chi connectivity index (χ4v) is 2.53. The van der Waals surface area contributed by atoms with Gasteiger partial charge in [-0.3, -0.25) is 9.59 Å². The van der Waals surface area contributed by atoms with Gasteiger partial charge in [0.1, 0.15) is 6.04 Å². The van der Waals surface area contributed by atoms with Crippen LogP contribution in [0, 0.1) is 11.8 Å². The number of amides is 2. The Morgan fingerprint density at radius 2 is 1.95 bits per heavy atom. The molecule has 0 bridgehead atoms. The summed E-state index contributed by atoms with van der Waals surface area (Å²) >= 11 is 0. The predicted molar refractivity (Wildman–Crippen MR) is 78.2 cm³/mol. The van der Waals surface area contributed by atoms with Crippen molar-refractivity contribution in [1.29, 1.82) is 0 Å². The highest BCUT2D eigenvalue weighted by Crippen LogP contribution is 2.18. The molecule has 5 nitrogen and oxygen atoms in total. The van der Waals surface area contributed by atoms with Crippen LogP contribution in [0.25, 0.3) is 0 Å². The topological polar surface area (TPSA) is 58.6 Å². The van der Waals surface area contributed by atoms with Gasteiger partial charge in [-0.1, -0.05) is 27.7 Å². The molecule has 2 atom stereocenters. The molecule has 0 aromatic rings. The molecule has 1 saturated heterocycles. The van der Waals surface area contributed by atoms with E-state index in [4.69, 9.17) is 4.74 Å². The quantitative estimate of drug-likeness (QED) is 0.769. The number of ether oxygens (including phenoxy) is 1. The SMILES string of the molecule is CCOCC(C(C)C)N1CC(=O)NC(CC(C)C)C1=O. The summed E-state index contributed by atoms with van der Waals surface area (Å²) in [6.07, 6.45) is 0.681. The van der Waals surface area contributed by atoms with Gasteiger partial charge in [0, 0.05) is 6.61 Å². The van der Waals surface area contributed by atoms with Crippen molar-refractivity contribution in [2.24, 2.45) is 11.8 Å². The van der Waals surface area contributed by atoms with Gasteiger partial charge in [-0.15, -0.1) is 0 Å². The van der Waals surface area contributed by atoms with Crippen LogP contribution in [0.15, 0.2) is 0 Å². The van der Waals surface area contributed by atoms with E-state index in [1.807, 2.05) is 6.92 Å². The number of piperazine rings is 1. The van der Waals surface area contributed by atoms with Crippen LogP contribution in [0.1, 0.15) is 41.0 Å². The van der Waals surface area contributed by atoms with E-state index in [1.54, 1.807) is 4.90 Å². The lowest BCUT2D eigenvalue weighted by Gasteiger charge is -2.40. The maximum Gasteiger partial charge on any atom is 0.245 e. The molecule has 2 amide bonds. The van der Waals surface area contributed by atoms with Crippen molar-refractivity contribution in [2.45, 2.75) is 53.1 Å². The average Bonchev–Trinajstić information content (AvgIpc) is 2.34. The molecule has 0 radical (unpaired) electrons. The number of nitrogens with zero attached hydrogens (tertiary/aromatic N) is 1. The summed E-state index contributed by atoms with van der Waals surface area (Å²) < 4.78 is 5.48. The van der Waals surface area contributed by atoms with Crippen molar-refractivity contribution in [3.63, 3.8) is 0 Å². The molecule has 0 spiro atoms. The van der Waals surface area contributed by atoms with Gasteiger partial charge in [-0.25, -0.2) is 0 Å². The third-order valence-corrected chi connectivity index (χ3v) is 3.60. The zero-order chi connectivity index (χ0) is 15.3. The fraction of sp³-hybridized carbons (Fsp3) is 0.867. The van der Waals surface area contributed by atoms with E-state index in [0.717, 1.165) is 0 Å². The van der Waals surface area contributed by atoms with Gasteiger partial charge in [-0.05, 0) is 25.2 Å². The first kappa shape index (κ1) is 17.0. The molecular formula is C15H28N2O3. The van der Waals surface area contributed by atoms with E-state index < -0.39 is 0 Å². The van der Waals surface area contributed by atoms with E-state index in [2.05, 4.69) is 33.0 Å². The van der Waals surface area contributed by atoms with Crippen LogP contribution in [0.2, 0.25) is 0 Å². The van der Waals surface area contributed by atoms with Gasteiger partial charge in [0.05, 0.1) is 19.2 Å². The summed E-state index contributed by atoms with van der Waals surface area (Å²) in [4.78, 5) is 26.1. The Morgan fingerprint density at radius 1 is 1.30 bits per heavy atom. The van der Waals surface area contributed by atoms with Crippen molar-refractivity contribution in [3.05, 3.63) is 0 Å². The van der Waals surface area contributed by atoms with Gasteiger partial charge in [0.25, 0.3) is 0 Å². The van der Waals surface area contributed by atoms with Gasteiger partial charge in [0.2, 0.25) is 11.8 Å². The molecule has 1 rings (SSSR count). The molecule has 1 N–H and O–H groups in total. The molecule has 5 heteroatoms. The molecule has 0 aliphatic carbocycles. The van der Waals surface area contributed by atoms with Crippen molar-refractivity contribution in [2.75, 3.05) is 19.8 Å². The molecule has 1 fully saturated rings. The summed E-state index contributed by atoms with van der Waals surface area (Å²) in [7, 11) is 0. The first-order valence-corrected chi connectivity index (χ1v) is 7.54. The van der Waals surface area contributed by atoms with Crippen molar-refractivity contribution < 1.29 is 14.3 Å². The molecule has 0 saturated carbocycles. The number of hydrogen-bond donors (Lipinski definition) is 1. The highest BCUT2D eigenvalue weighted by Gasteiger charge is 2.37. The maximum absolute atomic E-state index is 12.6. The lowest BCUT2D eigenvalue weighted by molar-refractivity contribution is -0.149. The van der Waals surface area contributed by atoms with Gasteiger partial charge in [0.15, 0.2) is 0 Å². The minimum Gasteiger partial charge on any atom is -0.380 e. The predicted octanol–water partition coefficient (Wildman–Crippen LogP) is 1.42. The fourth-order valence-electron chi connectivity index (χ4n) is 2.53. The summed E-state index contributed by atoms with van der Waals surface area (Å²) in [6, 6.07) is -0.428. The molecule has 1 aliphatic rings. The summed E-state index contributed by atoms with van der Waals surface area (Å²) in [5.74, 6) is 0.582. The van der Waals surface area contributed by atoms with E-state index >= 15 is 0 Å². The highest BCUT2D eigenvalue weighted by atomic mass is 16.5. The molecule has 20 heavy (non-hydrogen) atoms. The van der Waals surface area contributed by atoms with Gasteiger partial charge < -0.3 is 15.0 Å². The Balaban J connectivity index is 2.83. The highest BCUT2D eigenvalue weighted by molar-refractivity contribution is 5.95. The van der Waals surface area contributed by atoms with Crippen LogP contribution < -0.4 is 5.32 Å². The normalized spacial score (nSPS) is 21.6. The second-order valence-electron chi connectivity index (χ2n) is 6.19. The molecule has 0 aromatic carbocycles. The molecule has 116 valence electrons. The van der Waals surface area contributed by atoms with Crippen LogP contribution in [0.4, 0.5) is 0 Å². The summed E-state index contributed by atoms with van der Waals surface area (Å²) in [6.45, 7) is 11.4. The zero-order valence-corrected chi connectivity index (χ0v) is 13.3. The minimum absolute atomic E-state index is 0.0247. The molecule has 1 aliphatic heterocycles. The standard InChI is InChI=1S/C15H28N2O3/c1-6-20-9-13(11(4)5)17-8-14(18)16-12(15(17)19)7-10(2)3/h10-13H,6-9H2,1-5H3,(H,16,18). The van der Waals surface area contributed by atoms with E-state index in [0.29, 0.717) is 25.6 Å². The lowest BCUT2D eigenvalue weighted by atomic mass is 9.97. The number of nitrogens with one attached hydrogen (secondary N) is 1. The van der Waals surface area contributed by atoms with Crippen molar-refractivity contribution in [1.82, 2.24) is 10.2 Å². The smallest absolute Gasteiger partial charge is 0.245 e. The molecule has 0 aromatic heterocycles. The zero-order valence-electron chi connectivity index (χ0n) is 13.3. The Hall–Kier alpha value is -1.10. The minimum atomic E-state index is -0.390. The third-order valence-electron chi connectivity index (χ3n) is 3.60. The van der Waals surface area contributed by atoms with Crippen LogP contribution in [-0.4, -0.2) is 48.6 Å². The Bertz CT molecular complexity index is 342. The van der Waals surface area contributed by atoms with Crippen LogP contribution >= 0.6 is 0 Å². The Labute approximate surface area is 122 Å². The number of hydrogen-bond acceptors (Lipinski definition) is 3. The molecular weight excluding hydrogens is 256 g/mol. The van der Waals surface area contributed by atoms with Crippen LogP contribution in [-0.2, 0) is 14.3 Å². The number of rotatable bonds is 7. The van der Waals surface area contributed by atoms with E-state index in [9.17, 15) is 9.59 Å². The maximum atomic E-state index is 12.6. The second-order valence-corrected chi connectivity index (χ2v) is 6.19. The number of carbonyl (C=O) groups excluding carboxylic acids is 2. The number of carbonyl (C=O) groups is 2. The van der Waals surface area contributed by atoms with Gasteiger partial charge >= 0.3 is 0 Å². The van der Waals surface area contributed by atoms with Crippen LogP contribution in [0.5, 0.6) is 0 Å². The molecule has 1 heterocycles. The second kappa shape index (κ2) is 7.62. The molecule has 2 unspecified atom stereocenters. The first-order chi connectivity index (χ1) is 9.36.